The summed E-state index contributed by atoms with van der Waals surface area (Å²) in [6.07, 6.45) is 8.76. The fourth-order valence-corrected chi connectivity index (χ4v) is 2.65. The molecular weight excluding hydrogens is 216 g/mol. The molecule has 0 amide bonds. The summed E-state index contributed by atoms with van der Waals surface area (Å²) in [6.45, 7) is 2.10. The molecule has 0 aliphatic heterocycles. The zero-order valence-corrected chi connectivity index (χ0v) is 10.4. The summed E-state index contributed by atoms with van der Waals surface area (Å²) < 4.78 is 2.14. The lowest BCUT2D eigenvalue weighted by Gasteiger charge is -2.12. The molecule has 1 fully saturated rings. The van der Waals surface area contributed by atoms with Gasteiger partial charge in [0.05, 0.1) is 12.2 Å². The zero-order valence-electron chi connectivity index (χ0n) is 10.4. The van der Waals surface area contributed by atoms with E-state index in [1.165, 1.54) is 36.9 Å². The lowest BCUT2D eigenvalue weighted by atomic mass is 10.1. The molecule has 1 aliphatic rings. The Bertz CT molecular complexity index is 392. The predicted octanol–water partition coefficient (Wildman–Crippen LogP) is 2.71. The van der Waals surface area contributed by atoms with E-state index in [2.05, 4.69) is 16.7 Å². The van der Waals surface area contributed by atoms with Gasteiger partial charge in [-0.15, -0.1) is 0 Å². The molecule has 0 atom stereocenters. The lowest BCUT2D eigenvalue weighted by Crippen LogP contribution is -2.08. The molecule has 1 saturated carbocycles. The van der Waals surface area contributed by atoms with Gasteiger partial charge in [-0.2, -0.15) is 5.10 Å². The standard InChI is InChI=1S/C13H20N2O2/c1-10-11(5-4-8-13(16)17)9-14-15(10)12-6-2-3-7-12/h9,12H,2-8H2,1H3,(H,16,17). The van der Waals surface area contributed by atoms with Crippen LogP contribution in [0.5, 0.6) is 0 Å². The van der Waals surface area contributed by atoms with Crippen LogP contribution in [0, 0.1) is 6.92 Å². The van der Waals surface area contributed by atoms with Gasteiger partial charge in [-0.3, -0.25) is 9.48 Å². The zero-order chi connectivity index (χ0) is 12.3. The Labute approximate surface area is 102 Å². The van der Waals surface area contributed by atoms with Gasteiger partial charge in [0.25, 0.3) is 0 Å². The Morgan fingerprint density at radius 1 is 1.53 bits per heavy atom. The number of nitrogens with zero attached hydrogens (tertiary/aromatic N) is 2. The number of carboxylic acid groups (broad SMARTS) is 1. The first kappa shape index (κ1) is 12.1. The molecule has 1 aliphatic carbocycles. The maximum atomic E-state index is 10.5. The number of carbonyl (C=O) groups is 1. The van der Waals surface area contributed by atoms with Crippen molar-refractivity contribution in [2.24, 2.45) is 0 Å². The SMILES string of the molecule is Cc1c(CCCC(=O)O)cnn1C1CCCC1. The number of aliphatic carboxylic acids is 1. The van der Waals surface area contributed by atoms with Crippen LogP contribution in [-0.2, 0) is 11.2 Å². The van der Waals surface area contributed by atoms with Crippen molar-refractivity contribution in [2.75, 3.05) is 0 Å². The smallest absolute Gasteiger partial charge is 0.303 e. The summed E-state index contributed by atoms with van der Waals surface area (Å²) in [4.78, 5) is 10.5. The molecule has 0 bridgehead atoms. The van der Waals surface area contributed by atoms with Gasteiger partial charge in [0, 0.05) is 12.1 Å². The van der Waals surface area contributed by atoms with Crippen LogP contribution < -0.4 is 0 Å². The minimum Gasteiger partial charge on any atom is -0.481 e. The van der Waals surface area contributed by atoms with Crippen LogP contribution in [0.25, 0.3) is 0 Å². The van der Waals surface area contributed by atoms with Gasteiger partial charge in [-0.05, 0) is 38.2 Å². The summed E-state index contributed by atoms with van der Waals surface area (Å²) in [5.41, 5.74) is 2.43. The fourth-order valence-electron chi connectivity index (χ4n) is 2.65. The molecular formula is C13H20N2O2. The van der Waals surface area contributed by atoms with E-state index >= 15 is 0 Å². The molecule has 0 unspecified atom stereocenters. The van der Waals surface area contributed by atoms with E-state index in [1.54, 1.807) is 0 Å². The molecule has 1 aromatic rings. The monoisotopic (exact) mass is 236 g/mol. The van der Waals surface area contributed by atoms with Crippen LogP contribution in [-0.4, -0.2) is 20.9 Å². The second-order valence-electron chi connectivity index (χ2n) is 4.89. The Morgan fingerprint density at radius 3 is 2.88 bits per heavy atom. The van der Waals surface area contributed by atoms with Gasteiger partial charge < -0.3 is 5.11 Å². The molecule has 1 N–H and O–H groups in total. The number of aryl methyl sites for hydroxylation is 1. The molecule has 0 spiro atoms. The first-order chi connectivity index (χ1) is 8.18. The minimum absolute atomic E-state index is 0.244. The van der Waals surface area contributed by atoms with Crippen molar-refractivity contribution in [2.45, 2.75) is 57.9 Å². The van der Waals surface area contributed by atoms with Crippen LogP contribution >= 0.6 is 0 Å². The Kier molecular flexibility index (Phi) is 3.82. The maximum Gasteiger partial charge on any atom is 0.303 e. The average molecular weight is 236 g/mol. The summed E-state index contributed by atoms with van der Waals surface area (Å²) in [7, 11) is 0. The van der Waals surface area contributed by atoms with Crippen molar-refractivity contribution in [3.05, 3.63) is 17.5 Å². The Hall–Kier alpha value is -1.32. The molecule has 0 radical (unpaired) electrons. The van der Waals surface area contributed by atoms with Crippen LogP contribution in [0.2, 0.25) is 0 Å². The molecule has 4 heteroatoms. The van der Waals surface area contributed by atoms with Gasteiger partial charge >= 0.3 is 5.97 Å². The molecule has 94 valence electrons. The second kappa shape index (κ2) is 5.34. The topological polar surface area (TPSA) is 55.1 Å². The van der Waals surface area contributed by atoms with E-state index < -0.39 is 5.97 Å². The van der Waals surface area contributed by atoms with Gasteiger partial charge in [0.1, 0.15) is 0 Å². The molecule has 17 heavy (non-hydrogen) atoms. The van der Waals surface area contributed by atoms with Crippen LogP contribution in [0.4, 0.5) is 0 Å². The number of aromatic nitrogens is 2. The van der Waals surface area contributed by atoms with E-state index in [1.807, 2.05) is 6.20 Å². The van der Waals surface area contributed by atoms with Crippen LogP contribution in [0.1, 0.15) is 55.8 Å². The third-order valence-electron chi connectivity index (χ3n) is 3.65. The van der Waals surface area contributed by atoms with Crippen molar-refractivity contribution in [3.8, 4) is 0 Å². The second-order valence-corrected chi connectivity index (χ2v) is 4.89. The van der Waals surface area contributed by atoms with Crippen molar-refractivity contribution in [1.82, 2.24) is 9.78 Å². The first-order valence-corrected chi connectivity index (χ1v) is 6.43. The average Bonchev–Trinajstić information content (AvgIpc) is 2.88. The molecule has 0 saturated heterocycles. The van der Waals surface area contributed by atoms with E-state index in [-0.39, 0.29) is 6.42 Å². The third-order valence-corrected chi connectivity index (χ3v) is 3.65. The van der Waals surface area contributed by atoms with Crippen molar-refractivity contribution >= 4 is 5.97 Å². The largest absolute Gasteiger partial charge is 0.481 e. The van der Waals surface area contributed by atoms with Gasteiger partial charge in [0.2, 0.25) is 0 Å². The van der Waals surface area contributed by atoms with Crippen molar-refractivity contribution in [1.29, 1.82) is 0 Å². The van der Waals surface area contributed by atoms with Crippen LogP contribution in [0.15, 0.2) is 6.20 Å². The Balaban J connectivity index is 1.97. The molecule has 2 rings (SSSR count). The number of carboxylic acids is 1. The number of hydrogen-bond acceptors (Lipinski definition) is 2. The minimum atomic E-state index is -0.717. The molecule has 1 heterocycles. The highest BCUT2D eigenvalue weighted by Gasteiger charge is 2.20. The lowest BCUT2D eigenvalue weighted by molar-refractivity contribution is -0.137. The quantitative estimate of drug-likeness (QED) is 0.855. The number of rotatable bonds is 5. The van der Waals surface area contributed by atoms with Gasteiger partial charge in [-0.25, -0.2) is 0 Å². The first-order valence-electron chi connectivity index (χ1n) is 6.43. The highest BCUT2D eigenvalue weighted by molar-refractivity contribution is 5.66. The Morgan fingerprint density at radius 2 is 2.24 bits per heavy atom. The molecule has 1 aromatic heterocycles. The highest BCUT2D eigenvalue weighted by Crippen LogP contribution is 2.30. The van der Waals surface area contributed by atoms with E-state index in [0.717, 1.165) is 6.42 Å². The fraction of sp³-hybridized carbons (Fsp3) is 0.692. The van der Waals surface area contributed by atoms with Gasteiger partial charge in [0.15, 0.2) is 0 Å². The van der Waals surface area contributed by atoms with E-state index in [0.29, 0.717) is 12.5 Å². The van der Waals surface area contributed by atoms with Crippen molar-refractivity contribution in [3.63, 3.8) is 0 Å². The summed E-state index contributed by atoms with van der Waals surface area (Å²) in [5.74, 6) is -0.717. The summed E-state index contributed by atoms with van der Waals surface area (Å²) in [6, 6.07) is 0.572. The van der Waals surface area contributed by atoms with Crippen LogP contribution in [0.3, 0.4) is 0 Å². The molecule has 0 aromatic carbocycles. The molecule has 4 nitrogen and oxygen atoms in total. The maximum absolute atomic E-state index is 10.5. The van der Waals surface area contributed by atoms with Crippen molar-refractivity contribution < 1.29 is 9.90 Å². The van der Waals surface area contributed by atoms with Gasteiger partial charge in [-0.1, -0.05) is 12.8 Å². The van der Waals surface area contributed by atoms with E-state index in [4.69, 9.17) is 5.11 Å². The highest BCUT2D eigenvalue weighted by atomic mass is 16.4. The number of hydrogen-bond donors (Lipinski definition) is 1. The summed E-state index contributed by atoms with van der Waals surface area (Å²) >= 11 is 0. The normalized spacial score (nSPS) is 16.5. The van der Waals surface area contributed by atoms with E-state index in [9.17, 15) is 4.79 Å². The predicted molar refractivity (Wildman–Crippen MR) is 65.0 cm³/mol. The summed E-state index contributed by atoms with van der Waals surface area (Å²) in [5, 5.41) is 13.1. The third kappa shape index (κ3) is 2.87.